The summed E-state index contributed by atoms with van der Waals surface area (Å²) in [5.74, 6) is 0.653. The van der Waals surface area contributed by atoms with Gasteiger partial charge in [-0.1, -0.05) is 12.1 Å². The zero-order valence-corrected chi connectivity index (χ0v) is 11.0. The Morgan fingerprint density at radius 1 is 1.47 bits per heavy atom. The third-order valence-corrected chi connectivity index (χ3v) is 2.78. The summed E-state index contributed by atoms with van der Waals surface area (Å²) >= 11 is 0. The second-order valence-electron chi connectivity index (χ2n) is 4.06. The molecule has 0 spiro atoms. The molecule has 0 saturated heterocycles. The number of aryl methyl sites for hydroxylation is 1. The average molecular weight is 263 g/mol. The Morgan fingerprint density at radius 2 is 2.32 bits per heavy atom. The van der Waals surface area contributed by atoms with Gasteiger partial charge in [0.1, 0.15) is 18.7 Å². The Balaban J connectivity index is 2.01. The molecule has 1 amide bonds. The molecule has 2 rings (SSSR count). The van der Waals surface area contributed by atoms with E-state index in [9.17, 15) is 4.79 Å². The molecule has 2 heterocycles. The van der Waals surface area contributed by atoms with Gasteiger partial charge in [-0.3, -0.25) is 4.79 Å². The summed E-state index contributed by atoms with van der Waals surface area (Å²) in [5.41, 5.74) is 0. The van der Waals surface area contributed by atoms with E-state index in [4.69, 9.17) is 0 Å². The SMILES string of the molecule is CC[C@H](NC(=O)Cn1ccnn1)c1ncnn1CC. The maximum Gasteiger partial charge on any atom is 0.242 e. The first-order chi connectivity index (χ1) is 9.24. The molecule has 2 aromatic rings. The van der Waals surface area contributed by atoms with E-state index in [1.807, 2.05) is 13.8 Å². The van der Waals surface area contributed by atoms with Crippen molar-refractivity contribution in [2.24, 2.45) is 0 Å². The molecule has 0 aromatic carbocycles. The van der Waals surface area contributed by atoms with Crippen LogP contribution in [0.4, 0.5) is 0 Å². The highest BCUT2D eigenvalue weighted by Gasteiger charge is 2.18. The van der Waals surface area contributed by atoms with E-state index >= 15 is 0 Å². The standard InChI is InChI=1S/C11H17N7O/c1-3-9(11-12-8-14-18(11)4-2)15-10(19)7-17-6-5-13-16-17/h5-6,8-9H,3-4,7H2,1-2H3,(H,15,19)/t9-/m0/s1. The van der Waals surface area contributed by atoms with E-state index < -0.39 is 0 Å². The van der Waals surface area contributed by atoms with E-state index in [-0.39, 0.29) is 18.5 Å². The van der Waals surface area contributed by atoms with Gasteiger partial charge in [-0.25, -0.2) is 14.3 Å². The highest BCUT2D eigenvalue weighted by molar-refractivity contribution is 5.76. The van der Waals surface area contributed by atoms with Gasteiger partial charge in [0.2, 0.25) is 5.91 Å². The van der Waals surface area contributed by atoms with Gasteiger partial charge in [0, 0.05) is 12.7 Å². The average Bonchev–Trinajstić information content (AvgIpc) is 3.06. The van der Waals surface area contributed by atoms with Crippen molar-refractivity contribution < 1.29 is 4.79 Å². The van der Waals surface area contributed by atoms with Gasteiger partial charge in [-0.05, 0) is 13.3 Å². The van der Waals surface area contributed by atoms with Crippen molar-refractivity contribution in [2.45, 2.75) is 39.4 Å². The summed E-state index contributed by atoms with van der Waals surface area (Å²) in [6.07, 6.45) is 5.44. The smallest absolute Gasteiger partial charge is 0.242 e. The predicted molar refractivity (Wildman–Crippen MR) is 66.9 cm³/mol. The van der Waals surface area contributed by atoms with Gasteiger partial charge in [0.05, 0.1) is 12.2 Å². The quantitative estimate of drug-likeness (QED) is 0.801. The topological polar surface area (TPSA) is 90.5 Å². The number of aromatic nitrogens is 6. The molecule has 2 aromatic heterocycles. The van der Waals surface area contributed by atoms with Crippen molar-refractivity contribution in [3.8, 4) is 0 Å². The van der Waals surface area contributed by atoms with Crippen molar-refractivity contribution in [3.63, 3.8) is 0 Å². The summed E-state index contributed by atoms with van der Waals surface area (Å²) in [6, 6.07) is -0.140. The zero-order valence-electron chi connectivity index (χ0n) is 11.0. The van der Waals surface area contributed by atoms with E-state index in [2.05, 4.69) is 25.7 Å². The molecule has 8 heteroatoms. The maximum atomic E-state index is 11.9. The third-order valence-electron chi connectivity index (χ3n) is 2.78. The Kier molecular flexibility index (Phi) is 4.22. The van der Waals surface area contributed by atoms with Crippen molar-refractivity contribution in [2.75, 3.05) is 0 Å². The van der Waals surface area contributed by atoms with Crippen LogP contribution in [-0.4, -0.2) is 35.7 Å². The molecule has 0 aliphatic carbocycles. The Morgan fingerprint density at radius 3 is 2.95 bits per heavy atom. The van der Waals surface area contributed by atoms with Gasteiger partial charge in [0.25, 0.3) is 0 Å². The van der Waals surface area contributed by atoms with Crippen molar-refractivity contribution in [1.29, 1.82) is 0 Å². The third kappa shape index (κ3) is 3.15. The summed E-state index contributed by atoms with van der Waals surface area (Å²) in [5, 5.41) is 14.5. The van der Waals surface area contributed by atoms with Crippen LogP contribution in [0.3, 0.4) is 0 Å². The summed E-state index contributed by atoms with van der Waals surface area (Å²) < 4.78 is 3.26. The number of rotatable bonds is 6. The van der Waals surface area contributed by atoms with Gasteiger partial charge in [0.15, 0.2) is 0 Å². The molecule has 1 N–H and O–H groups in total. The minimum absolute atomic E-state index is 0.122. The molecule has 0 saturated carbocycles. The molecular weight excluding hydrogens is 246 g/mol. The van der Waals surface area contributed by atoms with E-state index in [1.165, 1.54) is 17.2 Å². The first-order valence-corrected chi connectivity index (χ1v) is 6.25. The van der Waals surface area contributed by atoms with Crippen molar-refractivity contribution in [1.82, 2.24) is 35.1 Å². The minimum Gasteiger partial charge on any atom is -0.344 e. The van der Waals surface area contributed by atoms with Crippen LogP contribution in [0.2, 0.25) is 0 Å². The number of carbonyl (C=O) groups is 1. The van der Waals surface area contributed by atoms with Crippen LogP contribution in [-0.2, 0) is 17.9 Å². The highest BCUT2D eigenvalue weighted by atomic mass is 16.2. The molecule has 0 unspecified atom stereocenters. The molecular formula is C11H17N7O. The second kappa shape index (κ2) is 6.07. The molecule has 0 aliphatic heterocycles. The molecule has 8 nitrogen and oxygen atoms in total. The molecule has 102 valence electrons. The van der Waals surface area contributed by atoms with E-state index in [0.29, 0.717) is 0 Å². The first-order valence-electron chi connectivity index (χ1n) is 6.25. The van der Waals surface area contributed by atoms with Crippen LogP contribution in [0.25, 0.3) is 0 Å². The van der Waals surface area contributed by atoms with Crippen LogP contribution in [0.5, 0.6) is 0 Å². The fraction of sp³-hybridized carbons (Fsp3) is 0.545. The Bertz CT molecular complexity index is 519. The predicted octanol–water partition coefficient (Wildman–Crippen LogP) is 0.157. The van der Waals surface area contributed by atoms with Crippen molar-refractivity contribution >= 4 is 5.91 Å². The van der Waals surface area contributed by atoms with E-state index in [1.54, 1.807) is 10.9 Å². The van der Waals surface area contributed by atoms with E-state index in [0.717, 1.165) is 18.8 Å². The minimum atomic E-state index is -0.140. The molecule has 0 aliphatic rings. The monoisotopic (exact) mass is 263 g/mol. The summed E-state index contributed by atoms with van der Waals surface area (Å²) in [7, 11) is 0. The number of amides is 1. The number of nitrogens with zero attached hydrogens (tertiary/aromatic N) is 6. The highest BCUT2D eigenvalue weighted by Crippen LogP contribution is 2.13. The lowest BCUT2D eigenvalue weighted by atomic mass is 10.2. The normalized spacial score (nSPS) is 12.3. The fourth-order valence-corrected chi connectivity index (χ4v) is 1.84. The second-order valence-corrected chi connectivity index (χ2v) is 4.06. The Hall–Kier alpha value is -2.25. The number of carbonyl (C=O) groups excluding carboxylic acids is 1. The van der Waals surface area contributed by atoms with Gasteiger partial charge < -0.3 is 5.32 Å². The van der Waals surface area contributed by atoms with Gasteiger partial charge in [-0.2, -0.15) is 5.10 Å². The number of hydrogen-bond acceptors (Lipinski definition) is 5. The lowest BCUT2D eigenvalue weighted by Crippen LogP contribution is -2.33. The molecule has 19 heavy (non-hydrogen) atoms. The lowest BCUT2D eigenvalue weighted by Gasteiger charge is -2.16. The maximum absolute atomic E-state index is 11.9. The van der Waals surface area contributed by atoms with Crippen molar-refractivity contribution in [3.05, 3.63) is 24.5 Å². The number of nitrogens with one attached hydrogen (secondary N) is 1. The lowest BCUT2D eigenvalue weighted by molar-refractivity contribution is -0.122. The van der Waals surface area contributed by atoms with Crippen LogP contribution in [0, 0.1) is 0 Å². The fourth-order valence-electron chi connectivity index (χ4n) is 1.84. The molecule has 0 fully saturated rings. The largest absolute Gasteiger partial charge is 0.344 e. The first kappa shape index (κ1) is 13.2. The summed E-state index contributed by atoms with van der Waals surface area (Å²) in [6.45, 7) is 4.86. The van der Waals surface area contributed by atoms with Crippen LogP contribution in [0.1, 0.15) is 32.1 Å². The van der Waals surface area contributed by atoms with Crippen LogP contribution >= 0.6 is 0 Å². The number of hydrogen-bond donors (Lipinski definition) is 1. The molecule has 1 atom stereocenters. The van der Waals surface area contributed by atoms with Gasteiger partial charge >= 0.3 is 0 Å². The summed E-state index contributed by atoms with van der Waals surface area (Å²) in [4.78, 5) is 16.1. The van der Waals surface area contributed by atoms with Crippen LogP contribution < -0.4 is 5.32 Å². The van der Waals surface area contributed by atoms with Gasteiger partial charge in [-0.15, -0.1) is 5.10 Å². The zero-order chi connectivity index (χ0) is 13.7. The molecule has 0 radical (unpaired) electrons. The Labute approximate surface area is 110 Å². The van der Waals surface area contributed by atoms with Crippen LogP contribution in [0.15, 0.2) is 18.7 Å². The molecule has 0 bridgehead atoms.